The van der Waals surface area contributed by atoms with Crippen molar-refractivity contribution in [3.8, 4) is 11.5 Å². The van der Waals surface area contributed by atoms with Gasteiger partial charge in [0, 0.05) is 17.9 Å². The van der Waals surface area contributed by atoms with Gasteiger partial charge in [-0.05, 0) is 30.5 Å². The zero-order chi connectivity index (χ0) is 13.2. The fraction of sp³-hybridized carbons (Fsp3) is 0.571. The lowest BCUT2D eigenvalue weighted by Gasteiger charge is -2.13. The highest BCUT2D eigenvalue weighted by Crippen LogP contribution is 2.24. The average molecular weight is 269 g/mol. The normalized spacial score (nSPS) is 10.4. The molecule has 0 radical (unpaired) electrons. The molecule has 0 amide bonds. The van der Waals surface area contributed by atoms with Gasteiger partial charge in [0.05, 0.1) is 13.7 Å². The smallest absolute Gasteiger partial charge is 0.124 e. The maximum absolute atomic E-state index is 5.82. The molecule has 0 aliphatic heterocycles. The van der Waals surface area contributed by atoms with Gasteiger partial charge >= 0.3 is 0 Å². The first-order chi connectivity index (χ1) is 8.81. The third-order valence-electron chi connectivity index (χ3n) is 2.52. The second-order valence-electron chi connectivity index (χ2n) is 3.80. The minimum absolute atomic E-state index is 0.754. The number of nitrogens with one attached hydrogen (secondary N) is 1. The maximum Gasteiger partial charge on any atom is 0.124 e. The Morgan fingerprint density at radius 1 is 1.28 bits per heavy atom. The zero-order valence-electron chi connectivity index (χ0n) is 11.5. The molecule has 18 heavy (non-hydrogen) atoms. The Labute approximate surface area is 114 Å². The summed E-state index contributed by atoms with van der Waals surface area (Å²) in [5.74, 6) is 3.99. The number of methoxy groups -OCH3 is 1. The molecule has 0 spiro atoms. The van der Waals surface area contributed by atoms with E-state index < -0.39 is 0 Å². The van der Waals surface area contributed by atoms with Crippen LogP contribution in [0.15, 0.2) is 18.2 Å². The van der Waals surface area contributed by atoms with E-state index in [9.17, 15) is 0 Å². The van der Waals surface area contributed by atoms with Crippen LogP contribution in [0.25, 0.3) is 0 Å². The van der Waals surface area contributed by atoms with E-state index in [1.54, 1.807) is 7.11 Å². The van der Waals surface area contributed by atoms with Crippen molar-refractivity contribution in [3.63, 3.8) is 0 Å². The van der Waals surface area contributed by atoms with Gasteiger partial charge in [0.1, 0.15) is 11.5 Å². The van der Waals surface area contributed by atoms with Crippen molar-refractivity contribution in [2.24, 2.45) is 0 Å². The van der Waals surface area contributed by atoms with Crippen LogP contribution < -0.4 is 14.8 Å². The Balaban J connectivity index is 2.62. The molecule has 102 valence electrons. The molecule has 0 heterocycles. The Bertz CT molecular complexity index is 345. The first-order valence-electron chi connectivity index (χ1n) is 6.40. The highest BCUT2D eigenvalue weighted by molar-refractivity contribution is 7.99. The van der Waals surface area contributed by atoms with Crippen LogP contribution in [0, 0.1) is 0 Å². The molecular weight excluding hydrogens is 246 g/mol. The molecule has 1 rings (SSSR count). The van der Waals surface area contributed by atoms with Gasteiger partial charge < -0.3 is 14.8 Å². The van der Waals surface area contributed by atoms with Crippen LogP contribution in [0.5, 0.6) is 11.5 Å². The van der Waals surface area contributed by atoms with E-state index >= 15 is 0 Å². The third-order valence-corrected chi connectivity index (χ3v) is 3.39. The fourth-order valence-electron chi connectivity index (χ4n) is 1.58. The summed E-state index contributed by atoms with van der Waals surface area (Å²) in [4.78, 5) is 0. The standard InChI is InChI=1S/C14H23NO2S/c1-4-15-11-12-10-13(16-3)6-7-14(12)17-8-9-18-5-2/h6-7,10,15H,4-5,8-9,11H2,1-3H3. The first kappa shape index (κ1) is 15.2. The summed E-state index contributed by atoms with van der Waals surface area (Å²) >= 11 is 1.89. The topological polar surface area (TPSA) is 30.5 Å². The molecule has 0 aliphatic rings. The van der Waals surface area contributed by atoms with E-state index in [1.165, 1.54) is 0 Å². The van der Waals surface area contributed by atoms with E-state index in [-0.39, 0.29) is 0 Å². The van der Waals surface area contributed by atoms with Gasteiger partial charge in [-0.3, -0.25) is 0 Å². The van der Waals surface area contributed by atoms with Gasteiger partial charge in [0.25, 0.3) is 0 Å². The van der Waals surface area contributed by atoms with Crippen molar-refractivity contribution >= 4 is 11.8 Å². The Hall–Kier alpha value is -0.870. The van der Waals surface area contributed by atoms with E-state index in [2.05, 4.69) is 19.2 Å². The molecular formula is C14H23NO2S. The quantitative estimate of drug-likeness (QED) is 0.698. The minimum atomic E-state index is 0.754. The second kappa shape index (κ2) is 9.11. The summed E-state index contributed by atoms with van der Waals surface area (Å²) in [6.45, 7) is 6.77. The summed E-state index contributed by atoms with van der Waals surface area (Å²) in [6.07, 6.45) is 0. The predicted octanol–water partition coefficient (Wildman–Crippen LogP) is 2.94. The number of ether oxygens (including phenoxy) is 2. The van der Waals surface area contributed by atoms with E-state index in [4.69, 9.17) is 9.47 Å². The van der Waals surface area contributed by atoms with Gasteiger partial charge in [-0.2, -0.15) is 11.8 Å². The van der Waals surface area contributed by atoms with Crippen molar-refractivity contribution in [1.82, 2.24) is 5.32 Å². The van der Waals surface area contributed by atoms with Crippen molar-refractivity contribution in [3.05, 3.63) is 23.8 Å². The van der Waals surface area contributed by atoms with Crippen molar-refractivity contribution in [2.45, 2.75) is 20.4 Å². The molecule has 0 saturated heterocycles. The van der Waals surface area contributed by atoms with E-state index in [1.807, 2.05) is 30.0 Å². The number of rotatable bonds is 9. The highest BCUT2D eigenvalue weighted by Gasteiger charge is 2.05. The Morgan fingerprint density at radius 2 is 2.11 bits per heavy atom. The largest absolute Gasteiger partial charge is 0.497 e. The summed E-state index contributed by atoms with van der Waals surface area (Å²) in [5.41, 5.74) is 1.15. The van der Waals surface area contributed by atoms with Gasteiger partial charge in [0.15, 0.2) is 0 Å². The monoisotopic (exact) mass is 269 g/mol. The fourth-order valence-corrected chi connectivity index (χ4v) is 2.07. The molecule has 1 aromatic carbocycles. The predicted molar refractivity (Wildman–Crippen MR) is 78.9 cm³/mol. The number of hydrogen-bond acceptors (Lipinski definition) is 4. The van der Waals surface area contributed by atoms with Crippen LogP contribution >= 0.6 is 11.8 Å². The van der Waals surface area contributed by atoms with E-state index in [0.717, 1.165) is 48.3 Å². The first-order valence-corrected chi connectivity index (χ1v) is 7.55. The third kappa shape index (κ3) is 5.19. The number of benzene rings is 1. The molecule has 0 aliphatic carbocycles. The van der Waals surface area contributed by atoms with Crippen LogP contribution in [0.4, 0.5) is 0 Å². The molecule has 3 nitrogen and oxygen atoms in total. The van der Waals surface area contributed by atoms with Crippen LogP contribution in [0.3, 0.4) is 0 Å². The summed E-state index contributed by atoms with van der Waals surface area (Å²) in [5, 5.41) is 3.32. The summed E-state index contributed by atoms with van der Waals surface area (Å²) < 4.78 is 11.1. The van der Waals surface area contributed by atoms with Gasteiger partial charge in [-0.1, -0.05) is 13.8 Å². The summed E-state index contributed by atoms with van der Waals surface area (Å²) in [7, 11) is 1.69. The molecule has 0 bridgehead atoms. The van der Waals surface area contributed by atoms with E-state index in [0.29, 0.717) is 0 Å². The average Bonchev–Trinajstić information content (AvgIpc) is 2.42. The Morgan fingerprint density at radius 3 is 2.78 bits per heavy atom. The molecule has 0 saturated carbocycles. The maximum atomic E-state index is 5.82. The molecule has 0 fully saturated rings. The molecule has 0 atom stereocenters. The number of hydrogen-bond donors (Lipinski definition) is 1. The van der Waals surface area contributed by atoms with Crippen molar-refractivity contribution in [1.29, 1.82) is 0 Å². The molecule has 1 aromatic rings. The SMILES string of the molecule is CCNCc1cc(OC)ccc1OCCSCC. The molecule has 0 unspecified atom stereocenters. The second-order valence-corrected chi connectivity index (χ2v) is 5.19. The molecule has 1 N–H and O–H groups in total. The minimum Gasteiger partial charge on any atom is -0.497 e. The Kier molecular flexibility index (Phi) is 7.69. The molecule has 4 heteroatoms. The highest BCUT2D eigenvalue weighted by atomic mass is 32.2. The van der Waals surface area contributed by atoms with Crippen LogP contribution in [-0.2, 0) is 6.54 Å². The number of thioether (sulfide) groups is 1. The lowest BCUT2D eigenvalue weighted by molar-refractivity contribution is 0.337. The van der Waals surface area contributed by atoms with Crippen molar-refractivity contribution < 1.29 is 9.47 Å². The van der Waals surface area contributed by atoms with Gasteiger partial charge in [0.2, 0.25) is 0 Å². The van der Waals surface area contributed by atoms with Gasteiger partial charge in [-0.15, -0.1) is 0 Å². The van der Waals surface area contributed by atoms with Crippen LogP contribution in [-0.4, -0.2) is 31.8 Å². The lowest BCUT2D eigenvalue weighted by Crippen LogP contribution is -2.13. The van der Waals surface area contributed by atoms with Crippen LogP contribution in [0.1, 0.15) is 19.4 Å². The lowest BCUT2D eigenvalue weighted by atomic mass is 10.2. The summed E-state index contributed by atoms with van der Waals surface area (Å²) in [6, 6.07) is 5.96. The van der Waals surface area contributed by atoms with Gasteiger partial charge in [-0.25, -0.2) is 0 Å². The molecule has 0 aromatic heterocycles. The van der Waals surface area contributed by atoms with Crippen molar-refractivity contribution in [2.75, 3.05) is 31.8 Å². The zero-order valence-corrected chi connectivity index (χ0v) is 12.3. The van der Waals surface area contributed by atoms with Crippen LogP contribution in [0.2, 0.25) is 0 Å².